The van der Waals surface area contributed by atoms with E-state index in [0.717, 1.165) is 11.4 Å². The Morgan fingerprint density at radius 2 is 1.61 bits per heavy atom. The number of para-hydroxylation sites is 2. The molecular formula is C24H22N4O3. The van der Waals surface area contributed by atoms with Crippen molar-refractivity contribution in [2.45, 2.75) is 0 Å². The van der Waals surface area contributed by atoms with Gasteiger partial charge in [0.1, 0.15) is 17.2 Å². The van der Waals surface area contributed by atoms with Crippen LogP contribution in [0.25, 0.3) is 16.9 Å². The zero-order valence-electron chi connectivity index (χ0n) is 17.2. The highest BCUT2D eigenvalue weighted by Crippen LogP contribution is 2.34. The largest absolute Gasteiger partial charge is 0.497 e. The molecule has 31 heavy (non-hydrogen) atoms. The summed E-state index contributed by atoms with van der Waals surface area (Å²) in [5.74, 6) is 0.890. The highest BCUT2D eigenvalue weighted by molar-refractivity contribution is 6.01. The number of rotatable bonds is 7. The van der Waals surface area contributed by atoms with Crippen molar-refractivity contribution in [3.63, 3.8) is 0 Å². The molecule has 0 saturated carbocycles. The standard InChI is InChI=1S/C24H22N4O3/c1-30-19-13-14-20(22(15-19)31-2)23-21(16-28(27-23)18-11-7-4-8-12-18)24(29)26-25-17-9-5-3-6-10-17/h3-16,25H,1-2H3,(H,26,29). The van der Waals surface area contributed by atoms with E-state index in [0.29, 0.717) is 28.3 Å². The molecule has 0 radical (unpaired) electrons. The van der Waals surface area contributed by atoms with Crippen LogP contribution >= 0.6 is 0 Å². The minimum absolute atomic E-state index is 0.320. The molecule has 1 aromatic heterocycles. The van der Waals surface area contributed by atoms with Crippen LogP contribution in [0.3, 0.4) is 0 Å². The van der Waals surface area contributed by atoms with Gasteiger partial charge in [-0.2, -0.15) is 5.10 Å². The molecule has 2 N–H and O–H groups in total. The van der Waals surface area contributed by atoms with E-state index in [1.54, 1.807) is 31.2 Å². The molecule has 7 heteroatoms. The number of hydrazine groups is 1. The lowest BCUT2D eigenvalue weighted by Gasteiger charge is -2.11. The van der Waals surface area contributed by atoms with Crippen molar-refractivity contribution >= 4 is 11.6 Å². The van der Waals surface area contributed by atoms with Crippen LogP contribution in [-0.2, 0) is 0 Å². The third-order valence-corrected chi connectivity index (χ3v) is 4.74. The van der Waals surface area contributed by atoms with Crippen molar-refractivity contribution in [3.05, 3.63) is 90.6 Å². The van der Waals surface area contributed by atoms with Crippen molar-refractivity contribution in [2.24, 2.45) is 0 Å². The molecule has 0 aliphatic carbocycles. The Morgan fingerprint density at radius 3 is 2.29 bits per heavy atom. The lowest BCUT2D eigenvalue weighted by atomic mass is 10.1. The minimum atomic E-state index is -0.320. The van der Waals surface area contributed by atoms with Crippen LogP contribution < -0.4 is 20.3 Å². The van der Waals surface area contributed by atoms with Gasteiger partial charge < -0.3 is 9.47 Å². The van der Waals surface area contributed by atoms with Gasteiger partial charge >= 0.3 is 0 Å². The van der Waals surface area contributed by atoms with Gasteiger partial charge in [-0.1, -0.05) is 36.4 Å². The first-order valence-electron chi connectivity index (χ1n) is 9.68. The first kappa shape index (κ1) is 20.0. The van der Waals surface area contributed by atoms with E-state index < -0.39 is 0 Å². The lowest BCUT2D eigenvalue weighted by Crippen LogP contribution is -2.29. The maximum atomic E-state index is 13.1. The van der Waals surface area contributed by atoms with Crippen LogP contribution in [0, 0.1) is 0 Å². The van der Waals surface area contributed by atoms with Gasteiger partial charge in [-0.15, -0.1) is 0 Å². The molecule has 3 aromatic carbocycles. The fourth-order valence-electron chi connectivity index (χ4n) is 3.16. The number of anilines is 1. The predicted molar refractivity (Wildman–Crippen MR) is 120 cm³/mol. The normalized spacial score (nSPS) is 10.4. The van der Waals surface area contributed by atoms with Crippen molar-refractivity contribution in [2.75, 3.05) is 19.6 Å². The van der Waals surface area contributed by atoms with Crippen LogP contribution in [0.5, 0.6) is 11.5 Å². The maximum absolute atomic E-state index is 13.1. The molecule has 4 aromatic rings. The van der Waals surface area contributed by atoms with E-state index in [4.69, 9.17) is 14.6 Å². The molecule has 0 aliphatic heterocycles. The molecular weight excluding hydrogens is 392 g/mol. The molecule has 0 bridgehead atoms. The fourth-order valence-corrected chi connectivity index (χ4v) is 3.16. The Balaban J connectivity index is 1.74. The van der Waals surface area contributed by atoms with Crippen LogP contribution in [0.1, 0.15) is 10.4 Å². The molecule has 0 spiro atoms. The molecule has 156 valence electrons. The van der Waals surface area contributed by atoms with Crippen molar-refractivity contribution in [1.29, 1.82) is 0 Å². The molecule has 0 aliphatic rings. The fraction of sp³-hybridized carbons (Fsp3) is 0.0833. The molecule has 7 nitrogen and oxygen atoms in total. The number of nitrogens with one attached hydrogen (secondary N) is 2. The highest BCUT2D eigenvalue weighted by atomic mass is 16.5. The van der Waals surface area contributed by atoms with Crippen molar-refractivity contribution in [3.8, 4) is 28.4 Å². The molecule has 1 heterocycles. The van der Waals surface area contributed by atoms with Crippen LogP contribution in [-0.4, -0.2) is 29.9 Å². The van der Waals surface area contributed by atoms with E-state index in [9.17, 15) is 4.79 Å². The van der Waals surface area contributed by atoms with Gasteiger partial charge in [-0.05, 0) is 36.4 Å². The average molecular weight is 414 g/mol. The zero-order chi connectivity index (χ0) is 21.6. The first-order chi connectivity index (χ1) is 15.2. The van der Waals surface area contributed by atoms with E-state index in [2.05, 4.69) is 10.9 Å². The molecule has 0 saturated heterocycles. The van der Waals surface area contributed by atoms with Crippen LogP contribution in [0.4, 0.5) is 5.69 Å². The van der Waals surface area contributed by atoms with Gasteiger partial charge in [0.25, 0.3) is 5.91 Å². The quantitative estimate of drug-likeness (QED) is 0.441. The van der Waals surface area contributed by atoms with E-state index in [1.807, 2.05) is 72.8 Å². The number of aromatic nitrogens is 2. The lowest BCUT2D eigenvalue weighted by molar-refractivity contribution is 0.0963. The highest BCUT2D eigenvalue weighted by Gasteiger charge is 2.21. The van der Waals surface area contributed by atoms with Crippen LogP contribution in [0.15, 0.2) is 85.1 Å². The van der Waals surface area contributed by atoms with Gasteiger partial charge in [0, 0.05) is 17.8 Å². The van der Waals surface area contributed by atoms with Gasteiger partial charge in [-0.25, -0.2) is 4.68 Å². The Morgan fingerprint density at radius 1 is 0.903 bits per heavy atom. The summed E-state index contributed by atoms with van der Waals surface area (Å²) in [5, 5.41) is 4.70. The second kappa shape index (κ2) is 9.04. The second-order valence-corrected chi connectivity index (χ2v) is 6.68. The van der Waals surface area contributed by atoms with Gasteiger partial charge in [0.15, 0.2) is 0 Å². The number of hydrogen-bond donors (Lipinski definition) is 2. The maximum Gasteiger partial charge on any atom is 0.273 e. The average Bonchev–Trinajstić information content (AvgIpc) is 3.28. The van der Waals surface area contributed by atoms with Gasteiger partial charge in [0.2, 0.25) is 0 Å². The zero-order valence-corrected chi connectivity index (χ0v) is 17.2. The summed E-state index contributed by atoms with van der Waals surface area (Å²) in [7, 11) is 3.16. The SMILES string of the molecule is COc1ccc(-c2nn(-c3ccccc3)cc2C(=O)NNc2ccccc2)c(OC)c1. The Bertz CT molecular complexity index is 1170. The summed E-state index contributed by atoms with van der Waals surface area (Å²) in [6.07, 6.45) is 1.70. The summed E-state index contributed by atoms with van der Waals surface area (Å²) >= 11 is 0. The third-order valence-electron chi connectivity index (χ3n) is 4.74. The number of benzene rings is 3. The number of carbonyl (C=O) groups excluding carboxylic acids is 1. The molecule has 0 unspecified atom stereocenters. The number of hydrogen-bond acceptors (Lipinski definition) is 5. The topological polar surface area (TPSA) is 77.4 Å². The minimum Gasteiger partial charge on any atom is -0.497 e. The molecule has 4 rings (SSSR count). The molecule has 0 fully saturated rings. The van der Waals surface area contributed by atoms with Crippen molar-refractivity contribution in [1.82, 2.24) is 15.2 Å². The summed E-state index contributed by atoms with van der Waals surface area (Å²) in [4.78, 5) is 13.1. The predicted octanol–water partition coefficient (Wildman–Crippen LogP) is 4.31. The molecule has 1 amide bonds. The summed E-state index contributed by atoms with van der Waals surface area (Å²) in [6, 6.07) is 24.4. The van der Waals surface area contributed by atoms with E-state index in [-0.39, 0.29) is 5.91 Å². The summed E-state index contributed by atoms with van der Waals surface area (Å²) < 4.78 is 12.5. The third kappa shape index (κ3) is 4.35. The first-order valence-corrected chi connectivity index (χ1v) is 9.68. The van der Waals surface area contributed by atoms with Crippen LogP contribution in [0.2, 0.25) is 0 Å². The second-order valence-electron chi connectivity index (χ2n) is 6.68. The number of amides is 1. The number of ether oxygens (including phenoxy) is 2. The smallest absolute Gasteiger partial charge is 0.273 e. The van der Waals surface area contributed by atoms with E-state index in [1.165, 1.54) is 0 Å². The Labute approximate surface area is 180 Å². The van der Waals surface area contributed by atoms with Crippen molar-refractivity contribution < 1.29 is 14.3 Å². The van der Waals surface area contributed by atoms with E-state index >= 15 is 0 Å². The van der Waals surface area contributed by atoms with Gasteiger partial charge in [-0.3, -0.25) is 15.6 Å². The number of nitrogens with zero attached hydrogens (tertiary/aromatic N) is 2. The monoisotopic (exact) mass is 414 g/mol. The number of methoxy groups -OCH3 is 2. The Hall–Kier alpha value is -4.26. The molecule has 0 atom stereocenters. The summed E-state index contributed by atoms with van der Waals surface area (Å²) in [6.45, 7) is 0. The number of carbonyl (C=O) groups is 1. The Kier molecular flexibility index (Phi) is 5.84. The summed E-state index contributed by atoms with van der Waals surface area (Å²) in [5.41, 5.74) is 8.86. The van der Waals surface area contributed by atoms with Gasteiger partial charge in [0.05, 0.1) is 31.2 Å².